The van der Waals surface area contributed by atoms with E-state index in [-0.39, 0.29) is 6.04 Å². The van der Waals surface area contributed by atoms with Crippen LogP contribution in [0.1, 0.15) is 101 Å². The monoisotopic (exact) mass is 479 g/mol. The lowest BCUT2D eigenvalue weighted by atomic mass is 9.87. The van der Waals surface area contributed by atoms with Gasteiger partial charge in [-0.2, -0.15) is 0 Å². The average molecular weight is 480 g/mol. The number of amides is 1. The number of nitrogens with zero attached hydrogens (tertiary/aromatic N) is 2. The highest BCUT2D eigenvalue weighted by Gasteiger charge is 2.26. The molecular formula is C25H45N3O4Si. The summed E-state index contributed by atoms with van der Waals surface area (Å²) in [7, 11) is -1.18. The van der Waals surface area contributed by atoms with Crippen molar-refractivity contribution in [1.82, 2.24) is 14.9 Å². The van der Waals surface area contributed by atoms with Crippen molar-refractivity contribution in [2.75, 3.05) is 6.61 Å². The van der Waals surface area contributed by atoms with Crippen molar-refractivity contribution in [3.05, 3.63) is 17.7 Å². The number of hydrogen-bond donors (Lipinski definition) is 2. The van der Waals surface area contributed by atoms with Crippen LogP contribution in [0.2, 0.25) is 25.7 Å². The van der Waals surface area contributed by atoms with E-state index >= 15 is 0 Å². The van der Waals surface area contributed by atoms with Gasteiger partial charge in [-0.3, -0.25) is 4.79 Å². The lowest BCUT2D eigenvalue weighted by Gasteiger charge is -2.25. The van der Waals surface area contributed by atoms with Crippen LogP contribution in [0, 0.1) is 0 Å². The van der Waals surface area contributed by atoms with Crippen molar-refractivity contribution in [2.45, 2.75) is 122 Å². The normalized spacial score (nSPS) is 16.0. The van der Waals surface area contributed by atoms with Crippen molar-refractivity contribution < 1.29 is 19.4 Å². The van der Waals surface area contributed by atoms with Crippen molar-refractivity contribution in [3.8, 4) is 0 Å². The summed E-state index contributed by atoms with van der Waals surface area (Å²) in [5.41, 5.74) is 1.18. The first-order valence-electron chi connectivity index (χ1n) is 12.9. The summed E-state index contributed by atoms with van der Waals surface area (Å²) < 4.78 is 8.25. The summed E-state index contributed by atoms with van der Waals surface area (Å²) in [6, 6.07) is 0.727. The second-order valence-corrected chi connectivity index (χ2v) is 16.3. The third-order valence-corrected chi connectivity index (χ3v) is 8.31. The highest BCUT2D eigenvalue weighted by molar-refractivity contribution is 6.76. The molecule has 1 amide bonds. The SMILES string of the molecule is CCC(=O)CCCCC[C@H](NC(=O)O)c1ncc(C2CCCCC2)n1COCC[Si](C)(C)C. The molecule has 0 bridgehead atoms. The predicted octanol–water partition coefficient (Wildman–Crippen LogP) is 6.48. The molecule has 1 heterocycles. The standard InChI is InChI=1S/C25H45N3O4Si/c1-5-21(29)14-10-7-11-15-22(27-25(30)31)24-26-18-23(20-12-8-6-9-13-20)28(24)19-32-16-17-33(2,3)4/h18,20,22,27H,5-17,19H2,1-4H3,(H,30,31)/t22-/m0/s1. The summed E-state index contributed by atoms with van der Waals surface area (Å²) in [6.07, 6.45) is 11.5. The second-order valence-electron chi connectivity index (χ2n) is 10.6. The number of rotatable bonds is 15. The number of nitrogens with one attached hydrogen (secondary N) is 1. The lowest BCUT2D eigenvalue weighted by Crippen LogP contribution is -2.30. The van der Waals surface area contributed by atoms with E-state index in [4.69, 9.17) is 9.72 Å². The van der Waals surface area contributed by atoms with Gasteiger partial charge in [0.05, 0.1) is 6.04 Å². The molecule has 33 heavy (non-hydrogen) atoms. The van der Waals surface area contributed by atoms with Crippen molar-refractivity contribution >= 4 is 20.0 Å². The number of carbonyl (C=O) groups excluding carboxylic acids is 1. The summed E-state index contributed by atoms with van der Waals surface area (Å²) in [4.78, 5) is 27.8. The van der Waals surface area contributed by atoms with Gasteiger partial charge in [0, 0.05) is 45.3 Å². The molecule has 1 aromatic rings. The number of ether oxygens (including phenoxy) is 1. The minimum Gasteiger partial charge on any atom is -0.465 e. The van der Waals surface area contributed by atoms with Crippen molar-refractivity contribution in [1.29, 1.82) is 0 Å². The molecule has 1 saturated carbocycles. The molecule has 188 valence electrons. The van der Waals surface area contributed by atoms with Gasteiger partial charge in [0.25, 0.3) is 0 Å². The van der Waals surface area contributed by atoms with Gasteiger partial charge in [-0.25, -0.2) is 9.78 Å². The molecular weight excluding hydrogens is 434 g/mol. The highest BCUT2D eigenvalue weighted by atomic mass is 28.3. The van der Waals surface area contributed by atoms with E-state index in [1.807, 2.05) is 13.1 Å². The first kappa shape index (κ1) is 27.6. The molecule has 0 aromatic carbocycles. The Balaban J connectivity index is 2.12. The molecule has 1 atom stereocenters. The smallest absolute Gasteiger partial charge is 0.405 e. The Morgan fingerprint density at radius 2 is 1.94 bits per heavy atom. The van der Waals surface area contributed by atoms with Crippen LogP contribution in [0.5, 0.6) is 0 Å². The molecule has 1 aromatic heterocycles. The molecule has 2 N–H and O–H groups in total. The summed E-state index contributed by atoms with van der Waals surface area (Å²) in [5.74, 6) is 1.51. The van der Waals surface area contributed by atoms with Gasteiger partial charge in [0.15, 0.2) is 0 Å². The Morgan fingerprint density at radius 3 is 2.58 bits per heavy atom. The van der Waals surface area contributed by atoms with Crippen molar-refractivity contribution in [2.24, 2.45) is 0 Å². The van der Waals surface area contributed by atoms with E-state index in [9.17, 15) is 14.7 Å². The molecule has 0 spiro atoms. The van der Waals surface area contributed by atoms with E-state index in [1.54, 1.807) is 0 Å². The number of aromatic nitrogens is 2. The van der Waals surface area contributed by atoms with Crippen LogP contribution in [0.15, 0.2) is 6.20 Å². The number of carboxylic acid groups (broad SMARTS) is 1. The van der Waals surface area contributed by atoms with Crippen LogP contribution < -0.4 is 5.32 Å². The Kier molecular flexibility index (Phi) is 11.6. The number of unbranched alkanes of at least 4 members (excludes halogenated alkanes) is 2. The fourth-order valence-corrected chi connectivity index (χ4v) is 5.28. The molecule has 0 unspecified atom stereocenters. The molecule has 0 aliphatic heterocycles. The molecule has 1 aliphatic carbocycles. The lowest BCUT2D eigenvalue weighted by molar-refractivity contribution is -0.118. The molecule has 1 aliphatic rings. The molecule has 2 rings (SSSR count). The maximum atomic E-state index is 11.6. The van der Waals surface area contributed by atoms with Gasteiger partial charge < -0.3 is 19.7 Å². The maximum Gasteiger partial charge on any atom is 0.405 e. The zero-order valence-electron chi connectivity index (χ0n) is 21.2. The quantitative estimate of drug-likeness (QED) is 0.222. The third kappa shape index (κ3) is 10.0. The van der Waals surface area contributed by atoms with Gasteiger partial charge in [0.1, 0.15) is 18.3 Å². The second kappa shape index (κ2) is 13.9. The Morgan fingerprint density at radius 1 is 1.21 bits per heavy atom. The van der Waals surface area contributed by atoms with Crippen LogP contribution in [0.3, 0.4) is 0 Å². The Bertz CT molecular complexity index is 739. The number of Topliss-reactive ketones (excluding diaryl/α,β-unsaturated/α-hetero) is 1. The molecule has 0 saturated heterocycles. The third-order valence-electron chi connectivity index (χ3n) is 6.61. The van der Waals surface area contributed by atoms with Crippen LogP contribution >= 0.6 is 0 Å². The zero-order valence-corrected chi connectivity index (χ0v) is 22.2. The number of carbonyl (C=O) groups is 2. The minimum atomic E-state index is -1.18. The van der Waals surface area contributed by atoms with Gasteiger partial charge in [-0.05, 0) is 31.7 Å². The average Bonchev–Trinajstić information content (AvgIpc) is 3.19. The van der Waals surface area contributed by atoms with Crippen LogP contribution in [0.25, 0.3) is 0 Å². The van der Waals surface area contributed by atoms with E-state index in [2.05, 4.69) is 29.5 Å². The van der Waals surface area contributed by atoms with E-state index < -0.39 is 14.2 Å². The summed E-state index contributed by atoms with van der Waals surface area (Å²) in [5, 5.41) is 12.2. The first-order valence-corrected chi connectivity index (χ1v) is 16.6. The number of imidazole rings is 1. The molecule has 0 radical (unpaired) electrons. The van der Waals surface area contributed by atoms with Crippen LogP contribution in [0.4, 0.5) is 4.79 Å². The van der Waals surface area contributed by atoms with Gasteiger partial charge in [0.2, 0.25) is 0 Å². The van der Waals surface area contributed by atoms with E-state index in [0.717, 1.165) is 50.6 Å². The Hall–Kier alpha value is -1.67. The molecule has 7 nitrogen and oxygen atoms in total. The molecule has 1 fully saturated rings. The van der Waals surface area contributed by atoms with E-state index in [0.29, 0.717) is 37.7 Å². The van der Waals surface area contributed by atoms with Gasteiger partial charge >= 0.3 is 6.09 Å². The minimum absolute atomic E-state index is 0.290. The Labute approximate surface area is 200 Å². The largest absolute Gasteiger partial charge is 0.465 e. The van der Waals surface area contributed by atoms with Gasteiger partial charge in [-0.15, -0.1) is 0 Å². The fourth-order valence-electron chi connectivity index (χ4n) is 4.52. The van der Waals surface area contributed by atoms with Gasteiger partial charge in [-0.1, -0.05) is 58.7 Å². The summed E-state index contributed by atoms with van der Waals surface area (Å²) in [6.45, 7) is 10.1. The first-order chi connectivity index (χ1) is 15.7. The van der Waals surface area contributed by atoms with Crippen LogP contribution in [-0.2, 0) is 16.3 Å². The fraction of sp³-hybridized carbons (Fsp3) is 0.800. The highest BCUT2D eigenvalue weighted by Crippen LogP contribution is 2.34. The maximum absolute atomic E-state index is 11.6. The molecule has 8 heteroatoms. The topological polar surface area (TPSA) is 93.5 Å². The zero-order chi connectivity index (χ0) is 24.3. The number of hydrogen-bond acceptors (Lipinski definition) is 4. The summed E-state index contributed by atoms with van der Waals surface area (Å²) >= 11 is 0. The van der Waals surface area contributed by atoms with E-state index in [1.165, 1.54) is 25.0 Å². The predicted molar refractivity (Wildman–Crippen MR) is 134 cm³/mol. The van der Waals surface area contributed by atoms with Crippen molar-refractivity contribution in [3.63, 3.8) is 0 Å². The van der Waals surface area contributed by atoms with Crippen LogP contribution in [-0.4, -0.2) is 41.2 Å². The number of ketones is 1.